The van der Waals surface area contributed by atoms with Crippen molar-refractivity contribution in [3.05, 3.63) is 290 Å². The van der Waals surface area contributed by atoms with Gasteiger partial charge in [-0.3, -0.25) is 31.8 Å². The van der Waals surface area contributed by atoms with Gasteiger partial charge in [-0.1, -0.05) is 71.4 Å². The zero-order valence-corrected chi connectivity index (χ0v) is 53.8. The molecule has 22 heteroatoms. The predicted octanol–water partition coefficient (Wildman–Crippen LogP) is 13.5. The van der Waals surface area contributed by atoms with E-state index < -0.39 is 34.9 Å². The van der Waals surface area contributed by atoms with Crippen LogP contribution >= 0.6 is 0 Å². The second-order valence-corrected chi connectivity index (χ2v) is 16.6. The van der Waals surface area contributed by atoms with Crippen LogP contribution in [0, 0.1) is 80.2 Å². The van der Waals surface area contributed by atoms with Gasteiger partial charge in [0.2, 0.25) is 0 Å². The van der Waals surface area contributed by atoms with Crippen LogP contribution in [0.1, 0.15) is 16.1 Å². The first-order valence-corrected chi connectivity index (χ1v) is 23.9. The largest absolute Gasteiger partial charge is 3.00 e. The van der Waals surface area contributed by atoms with Crippen molar-refractivity contribution in [2.75, 3.05) is 28.8 Å². The molecule has 2 aliphatic heterocycles. The Morgan fingerprint density at radius 3 is 1.80 bits per heavy atom. The van der Waals surface area contributed by atoms with Crippen molar-refractivity contribution in [1.82, 2.24) is 35.0 Å². The first-order chi connectivity index (χ1) is 38.8. The molecule has 3 radical (unpaired) electrons. The number of carboxylic acid groups (broad SMARTS) is 1. The number of para-hydroxylation sites is 3. The van der Waals surface area contributed by atoms with Gasteiger partial charge in [-0.05, 0) is 93.3 Å². The molecule has 84 heavy (non-hydrogen) atoms. The average molecular weight is 1840 g/mol. The summed E-state index contributed by atoms with van der Waals surface area (Å²) in [5.41, 5.74) is 7.37. The maximum absolute atomic E-state index is 13.8. The molecule has 5 aromatic heterocycles. The number of pyridine rings is 4. The summed E-state index contributed by atoms with van der Waals surface area (Å²) >= 11 is 0. The van der Waals surface area contributed by atoms with Crippen molar-refractivity contribution in [2.45, 2.75) is 6.92 Å². The molecule has 0 aliphatic carbocycles. The number of rotatable bonds is 6. The van der Waals surface area contributed by atoms with Gasteiger partial charge in [-0.15, -0.1) is 59.4 Å². The molecule has 0 spiro atoms. The van der Waals surface area contributed by atoms with Crippen molar-refractivity contribution in [3.8, 4) is 33.9 Å². The van der Waals surface area contributed by atoms with Crippen LogP contribution in [0.3, 0.4) is 0 Å². The van der Waals surface area contributed by atoms with E-state index in [4.69, 9.17) is 11.7 Å². The van der Waals surface area contributed by atoms with Crippen molar-refractivity contribution < 1.29 is 112 Å². The number of benzene rings is 5. The van der Waals surface area contributed by atoms with Crippen molar-refractivity contribution in [2.24, 2.45) is 0 Å². The fraction of sp³-hybridized carbons (Fsp3) is 0.0484. The summed E-state index contributed by atoms with van der Waals surface area (Å²) in [6.45, 7) is 12.5. The minimum Gasteiger partial charge on any atom is -0.574 e. The number of carbonyl (C=O) groups is 1. The minimum absolute atomic E-state index is 0. The van der Waals surface area contributed by atoms with Gasteiger partial charge in [0, 0.05) is 137 Å². The Hall–Kier alpha value is -7.94. The van der Waals surface area contributed by atoms with E-state index in [0.29, 0.717) is 11.4 Å². The Labute approximate surface area is 537 Å². The molecule has 435 valence electrons. The number of anilines is 4. The molecule has 12 rings (SSSR count). The number of hydrogen-bond donors (Lipinski definition) is 1. The Kier molecular flexibility index (Phi) is 30.1. The van der Waals surface area contributed by atoms with Gasteiger partial charge in [0.25, 0.3) is 0 Å². The van der Waals surface area contributed by atoms with Crippen LogP contribution in [-0.2, 0) is 80.4 Å². The number of halogens is 5. The Bertz CT molecular complexity index is 3640. The smallest absolute Gasteiger partial charge is 0.574 e. The van der Waals surface area contributed by atoms with E-state index >= 15 is 0 Å². The Morgan fingerprint density at radius 2 is 1.25 bits per heavy atom. The van der Waals surface area contributed by atoms with Crippen molar-refractivity contribution >= 4 is 34.4 Å². The summed E-state index contributed by atoms with van der Waals surface area (Å²) in [7, 11) is 3.99. The van der Waals surface area contributed by atoms with Crippen LogP contribution in [0.2, 0.25) is 0 Å². The molecule has 0 saturated heterocycles. The van der Waals surface area contributed by atoms with E-state index in [9.17, 15) is 26.7 Å². The second-order valence-electron chi connectivity index (χ2n) is 16.6. The van der Waals surface area contributed by atoms with E-state index in [1.54, 1.807) is 67.1 Å². The van der Waals surface area contributed by atoms with E-state index in [-0.39, 0.29) is 103 Å². The number of aromatic carboxylic acids is 1. The van der Waals surface area contributed by atoms with Gasteiger partial charge >= 0.3 is 26.1 Å². The Balaban J connectivity index is 0.000000264. The summed E-state index contributed by atoms with van der Waals surface area (Å²) < 4.78 is 65.3. The van der Waals surface area contributed by atoms with E-state index in [0.717, 1.165) is 46.5 Å². The maximum atomic E-state index is 13.8. The van der Waals surface area contributed by atoms with Crippen LogP contribution < -0.4 is 19.8 Å². The first kappa shape index (κ1) is 70.3. The maximum Gasteiger partial charge on any atom is 3.00 e. The molecule has 5 aromatic carbocycles. The molecule has 7 heterocycles. The number of aromatic nitrogens is 6. The molecule has 0 fully saturated rings. The third-order valence-electron chi connectivity index (χ3n) is 10.9. The van der Waals surface area contributed by atoms with Crippen molar-refractivity contribution in [3.63, 3.8) is 0 Å². The monoisotopic (exact) mass is 1840 g/mol. The number of nitrogens with zero attached hydrogens (tertiary/aromatic N) is 11. The number of hydrogen-bond acceptors (Lipinski definition) is 10. The molecule has 0 unspecified atom stereocenters. The van der Waals surface area contributed by atoms with Gasteiger partial charge in [0.05, 0.1) is 6.57 Å². The first-order valence-electron chi connectivity index (χ1n) is 23.9. The molecule has 10 aromatic rings. The summed E-state index contributed by atoms with van der Waals surface area (Å²) in [4.78, 5) is 36.6. The van der Waals surface area contributed by atoms with Crippen LogP contribution in [0.15, 0.2) is 201 Å². The second kappa shape index (κ2) is 35.9. The van der Waals surface area contributed by atoms with Crippen LogP contribution in [0.4, 0.5) is 50.4 Å². The molecule has 0 saturated carbocycles. The molecule has 0 atom stereocenters. The van der Waals surface area contributed by atoms with Crippen LogP contribution in [0.5, 0.6) is 0 Å². The van der Waals surface area contributed by atoms with Crippen LogP contribution in [-0.4, -0.2) is 55.1 Å². The van der Waals surface area contributed by atoms with Gasteiger partial charge in [0.15, 0.2) is 5.69 Å². The zero-order valence-electron chi connectivity index (χ0n) is 44.2. The molecular weight excluding hydrogens is 1790 g/mol. The van der Waals surface area contributed by atoms with Gasteiger partial charge < -0.3 is 44.9 Å². The SMILES string of the molecule is CN1C=CN(c2[c-]cc(F)cc2)[CH-]1.CN1[CH-]N(c2[c-]cccc2)c2ccccc21.Fc1c[c-]c(-c2ccccn2)c(F)c1.O=C(O)c1ccccn1.[C-]#[N+]c1c(F)c[c-]c(-c2cc(C)ccn2)c1F.[Ir+3].[Ir].[Ir].[Ir].c1ccc(-c2ccn[n-]2)nc1. The summed E-state index contributed by atoms with van der Waals surface area (Å²) in [6.07, 6.45) is 11.7. The Morgan fingerprint density at radius 1 is 0.607 bits per heavy atom. The molecule has 2 aliphatic rings. The molecular formula is C62H45F5Ir4N11O2-4. The zero-order chi connectivity index (χ0) is 56.8. The molecule has 0 bridgehead atoms. The fourth-order valence-electron chi connectivity index (χ4n) is 7.12. The standard InChI is InChI=1S/C14H12N2.C13H7F2N2.C11H6F2N.C10H9FN2.C8H6N3.C6H5NO2.4Ir/c1-15-11-16(12-7-3-2-4-8-12)14-10-6-5-9-13(14)15;1-8-5-6-17-11(7-8)9-3-4-10(14)13(16-2)12(9)15;12-8-4-5-9(10(13)7-8)11-3-1-2-6-14-11;1-12-6-7-13(8-12)10-4-2-9(11)3-5-10;1-2-5-9-7(3-1)8-4-6-10-11-8;8-6(9)5-3-1-2-4-7-5;;;;/h2-7,9-11H,1H3;4-7H,1H3;1-4,6-7H;2-4,6-8H,1H3;1-6H;1-4H,(H,8,9);;;;/q-2;2*-1;-2;-1;;;;;+3. The summed E-state index contributed by atoms with van der Waals surface area (Å²) in [5.74, 6) is -4.37. The summed E-state index contributed by atoms with van der Waals surface area (Å²) in [6, 6.07) is 55.5. The number of aryl methyl sites for hydroxylation is 1. The van der Waals surface area contributed by atoms with E-state index in [1.165, 1.54) is 42.0 Å². The quantitative estimate of drug-likeness (QED) is 0.125. The summed E-state index contributed by atoms with van der Waals surface area (Å²) in [5, 5.41) is 15.9. The number of fused-ring (bicyclic) bond motifs is 1. The van der Waals surface area contributed by atoms with Gasteiger partial charge in [0.1, 0.15) is 5.69 Å². The minimum atomic E-state index is -0.990. The van der Waals surface area contributed by atoms with Gasteiger partial charge in [-0.2, -0.15) is 49.7 Å². The third-order valence-corrected chi connectivity index (χ3v) is 10.9. The van der Waals surface area contributed by atoms with E-state index in [2.05, 4.69) is 113 Å². The van der Waals surface area contributed by atoms with Gasteiger partial charge in [-0.25, -0.2) is 9.78 Å². The average Bonchev–Trinajstić information content (AvgIpc) is 4.30. The molecule has 13 nitrogen and oxygen atoms in total. The normalized spacial score (nSPS) is 11.0. The number of carboxylic acids is 1. The van der Waals surface area contributed by atoms with Crippen LogP contribution in [0.25, 0.3) is 38.7 Å². The molecule has 0 amide bonds. The fourth-order valence-corrected chi connectivity index (χ4v) is 7.12. The topological polar surface area (TPSA) is 133 Å². The third kappa shape index (κ3) is 20.4. The predicted molar refractivity (Wildman–Crippen MR) is 295 cm³/mol. The van der Waals surface area contributed by atoms with Crippen molar-refractivity contribution in [1.29, 1.82) is 0 Å². The molecule has 1 N–H and O–H groups in total. The van der Waals surface area contributed by atoms with E-state index in [1.807, 2.05) is 85.3 Å².